The van der Waals surface area contributed by atoms with Gasteiger partial charge in [0.2, 0.25) is 0 Å². The van der Waals surface area contributed by atoms with Crippen molar-refractivity contribution in [1.82, 2.24) is 20.0 Å². The largest absolute Gasteiger partial charge is 0.507 e. The number of hydrogen-bond acceptors (Lipinski definition) is 5. The SMILES string of the molecule is C=C(/C=C(/NCCCN(C)C(=O)c1cccc(C#N)c1)n1ncc(Br)c1C)c1ccccc1O. The van der Waals surface area contributed by atoms with E-state index in [1.807, 2.05) is 19.1 Å². The van der Waals surface area contributed by atoms with E-state index in [-0.39, 0.29) is 11.7 Å². The summed E-state index contributed by atoms with van der Waals surface area (Å²) in [6.07, 6.45) is 4.24. The average molecular weight is 520 g/mol. The first-order valence-corrected chi connectivity index (χ1v) is 11.5. The monoisotopic (exact) mass is 519 g/mol. The molecule has 0 bridgehead atoms. The fourth-order valence-corrected chi connectivity index (χ4v) is 3.64. The number of benzene rings is 2. The maximum atomic E-state index is 12.7. The number of nitrogens with zero attached hydrogens (tertiary/aromatic N) is 4. The van der Waals surface area contributed by atoms with Crippen LogP contribution in [0.2, 0.25) is 0 Å². The van der Waals surface area contributed by atoms with Crippen LogP contribution in [-0.2, 0) is 0 Å². The second-order valence-electron chi connectivity index (χ2n) is 7.76. The highest BCUT2D eigenvalue weighted by molar-refractivity contribution is 9.10. The summed E-state index contributed by atoms with van der Waals surface area (Å²) in [5.74, 6) is 0.724. The first-order valence-electron chi connectivity index (χ1n) is 10.7. The molecule has 0 atom stereocenters. The van der Waals surface area contributed by atoms with E-state index < -0.39 is 0 Å². The summed E-state index contributed by atoms with van der Waals surface area (Å²) in [7, 11) is 1.74. The van der Waals surface area contributed by atoms with Crippen LogP contribution in [0.15, 0.2) is 71.9 Å². The summed E-state index contributed by atoms with van der Waals surface area (Å²) >= 11 is 3.49. The molecule has 0 aliphatic heterocycles. The number of aromatic nitrogens is 2. The number of amides is 1. The molecule has 0 radical (unpaired) electrons. The topological polar surface area (TPSA) is 94.2 Å². The molecule has 8 heteroatoms. The number of aromatic hydroxyl groups is 1. The summed E-state index contributed by atoms with van der Waals surface area (Å²) in [5, 5.41) is 27.0. The van der Waals surface area contributed by atoms with E-state index in [9.17, 15) is 9.90 Å². The lowest BCUT2D eigenvalue weighted by Gasteiger charge is -2.19. The number of phenolic OH excluding ortho intramolecular Hbond substituents is 1. The molecule has 1 amide bonds. The second kappa shape index (κ2) is 11.3. The van der Waals surface area contributed by atoms with Gasteiger partial charge in [-0.15, -0.1) is 0 Å². The molecule has 34 heavy (non-hydrogen) atoms. The zero-order valence-electron chi connectivity index (χ0n) is 19.1. The van der Waals surface area contributed by atoms with Crippen LogP contribution in [0.3, 0.4) is 0 Å². The van der Waals surface area contributed by atoms with Crippen molar-refractivity contribution in [1.29, 1.82) is 5.26 Å². The Morgan fingerprint density at radius 3 is 2.76 bits per heavy atom. The molecule has 1 heterocycles. The Labute approximate surface area is 207 Å². The van der Waals surface area contributed by atoms with Gasteiger partial charge in [0, 0.05) is 31.3 Å². The minimum Gasteiger partial charge on any atom is -0.507 e. The third-order valence-corrected chi connectivity index (χ3v) is 6.08. The zero-order chi connectivity index (χ0) is 24.7. The van der Waals surface area contributed by atoms with Gasteiger partial charge in [-0.2, -0.15) is 10.4 Å². The number of nitriles is 1. The number of carbonyl (C=O) groups is 1. The van der Waals surface area contributed by atoms with Gasteiger partial charge in [-0.3, -0.25) is 4.79 Å². The summed E-state index contributed by atoms with van der Waals surface area (Å²) in [5.41, 5.74) is 3.13. The number of phenols is 1. The molecule has 0 aliphatic carbocycles. The van der Waals surface area contributed by atoms with Crippen LogP contribution < -0.4 is 5.32 Å². The summed E-state index contributed by atoms with van der Waals surface area (Å²) in [6.45, 7) is 7.15. The molecule has 7 nitrogen and oxygen atoms in total. The van der Waals surface area contributed by atoms with Gasteiger partial charge in [0.05, 0.1) is 28.0 Å². The van der Waals surface area contributed by atoms with Crippen molar-refractivity contribution in [3.8, 4) is 11.8 Å². The van der Waals surface area contributed by atoms with Crippen LogP contribution in [0, 0.1) is 18.3 Å². The minimum absolute atomic E-state index is 0.132. The Balaban J connectivity index is 1.68. The molecule has 174 valence electrons. The first-order chi connectivity index (χ1) is 16.3. The number of halogens is 1. The number of rotatable bonds is 9. The minimum atomic E-state index is -0.132. The quantitative estimate of drug-likeness (QED) is 0.313. The molecule has 3 aromatic rings. The van der Waals surface area contributed by atoms with Crippen molar-refractivity contribution in [3.63, 3.8) is 0 Å². The van der Waals surface area contributed by atoms with Crippen LogP contribution in [0.1, 0.15) is 33.6 Å². The van der Waals surface area contributed by atoms with Crippen molar-refractivity contribution < 1.29 is 9.90 Å². The highest BCUT2D eigenvalue weighted by atomic mass is 79.9. The third kappa shape index (κ3) is 5.94. The van der Waals surface area contributed by atoms with Gasteiger partial charge in [0.25, 0.3) is 5.91 Å². The maximum absolute atomic E-state index is 12.7. The van der Waals surface area contributed by atoms with Gasteiger partial charge in [0.15, 0.2) is 0 Å². The molecule has 0 fully saturated rings. The Morgan fingerprint density at radius 2 is 2.09 bits per heavy atom. The molecule has 2 aromatic carbocycles. The second-order valence-corrected chi connectivity index (χ2v) is 8.62. The van der Waals surface area contributed by atoms with Crippen LogP contribution in [0.4, 0.5) is 0 Å². The van der Waals surface area contributed by atoms with Gasteiger partial charge in [-0.05, 0) is 65.2 Å². The van der Waals surface area contributed by atoms with Gasteiger partial charge >= 0.3 is 0 Å². The van der Waals surface area contributed by atoms with E-state index in [0.29, 0.717) is 47.6 Å². The Hall–Kier alpha value is -3.83. The van der Waals surface area contributed by atoms with E-state index in [2.05, 4.69) is 39.0 Å². The van der Waals surface area contributed by atoms with E-state index in [1.54, 1.807) is 65.3 Å². The lowest BCUT2D eigenvalue weighted by molar-refractivity contribution is 0.0794. The lowest BCUT2D eigenvalue weighted by atomic mass is 10.1. The molecule has 0 aliphatic rings. The smallest absolute Gasteiger partial charge is 0.253 e. The molecule has 0 saturated carbocycles. The van der Waals surface area contributed by atoms with Crippen LogP contribution >= 0.6 is 15.9 Å². The van der Waals surface area contributed by atoms with Crippen molar-refractivity contribution in [2.45, 2.75) is 13.3 Å². The van der Waals surface area contributed by atoms with Crippen molar-refractivity contribution in [2.75, 3.05) is 20.1 Å². The Morgan fingerprint density at radius 1 is 1.32 bits per heavy atom. The van der Waals surface area contributed by atoms with E-state index >= 15 is 0 Å². The molecule has 1 aromatic heterocycles. The van der Waals surface area contributed by atoms with E-state index in [0.717, 1.165) is 10.2 Å². The highest BCUT2D eigenvalue weighted by Gasteiger charge is 2.13. The molecular formula is C26H26BrN5O2. The third-order valence-electron chi connectivity index (χ3n) is 5.30. The van der Waals surface area contributed by atoms with Crippen molar-refractivity contribution >= 4 is 33.2 Å². The number of carbonyl (C=O) groups excluding carboxylic acids is 1. The fraction of sp³-hybridized carbons (Fsp3) is 0.192. The number of para-hydroxylation sites is 1. The van der Waals surface area contributed by atoms with Crippen molar-refractivity contribution in [2.24, 2.45) is 0 Å². The van der Waals surface area contributed by atoms with Gasteiger partial charge < -0.3 is 15.3 Å². The van der Waals surface area contributed by atoms with Crippen molar-refractivity contribution in [3.05, 3.63) is 94.2 Å². The highest BCUT2D eigenvalue weighted by Crippen LogP contribution is 2.26. The number of hydrogen-bond donors (Lipinski definition) is 2. The van der Waals surface area contributed by atoms with Crippen LogP contribution in [0.5, 0.6) is 5.75 Å². The van der Waals surface area contributed by atoms with Gasteiger partial charge in [-0.25, -0.2) is 4.68 Å². The van der Waals surface area contributed by atoms with E-state index in [1.165, 1.54) is 0 Å². The Kier molecular flexibility index (Phi) is 8.28. The van der Waals surface area contributed by atoms with E-state index in [4.69, 9.17) is 5.26 Å². The Bertz CT molecular complexity index is 1270. The zero-order valence-corrected chi connectivity index (χ0v) is 20.7. The molecule has 2 N–H and O–H groups in total. The maximum Gasteiger partial charge on any atom is 0.253 e. The normalized spacial score (nSPS) is 11.1. The number of nitrogens with one attached hydrogen (secondary N) is 1. The van der Waals surface area contributed by atoms with Gasteiger partial charge in [0.1, 0.15) is 11.6 Å². The molecule has 0 unspecified atom stereocenters. The van der Waals surface area contributed by atoms with Gasteiger partial charge in [-0.1, -0.05) is 30.8 Å². The predicted molar refractivity (Wildman–Crippen MR) is 137 cm³/mol. The summed E-state index contributed by atoms with van der Waals surface area (Å²) < 4.78 is 2.63. The molecule has 0 spiro atoms. The summed E-state index contributed by atoms with van der Waals surface area (Å²) in [6, 6.07) is 15.8. The summed E-state index contributed by atoms with van der Waals surface area (Å²) in [4.78, 5) is 14.3. The molecule has 3 rings (SSSR count). The van der Waals surface area contributed by atoms with Crippen LogP contribution in [0.25, 0.3) is 11.4 Å². The standard InChI is InChI=1S/C26H26BrN5O2/c1-18(22-10-4-5-11-24(22)33)14-25(32-19(2)23(27)17-30-32)29-12-7-13-31(3)26(34)21-9-6-8-20(15-21)16-28/h4-6,8-11,14-15,17,29,33H,1,7,12-13H2,2-3H3/b25-14-. The lowest BCUT2D eigenvalue weighted by Crippen LogP contribution is -2.30. The molecule has 0 saturated heterocycles. The first kappa shape index (κ1) is 24.8. The molecular weight excluding hydrogens is 494 g/mol. The predicted octanol–water partition coefficient (Wildman–Crippen LogP) is 4.80. The average Bonchev–Trinajstić information content (AvgIpc) is 3.18. The number of allylic oxidation sites excluding steroid dienone is 2. The van der Waals surface area contributed by atoms with Crippen LogP contribution in [-0.4, -0.2) is 45.8 Å². The fourth-order valence-electron chi connectivity index (χ4n) is 3.38.